The van der Waals surface area contributed by atoms with Crippen LogP contribution in [-0.2, 0) is 15.7 Å². The number of rotatable bonds is 8. The minimum Gasteiger partial charge on any atom is -0.462 e. The van der Waals surface area contributed by atoms with E-state index in [4.69, 9.17) is 15.2 Å². The average Bonchev–Trinajstić information content (AvgIpc) is 3.55. The maximum Gasteiger partial charge on any atom is 0.417 e. The van der Waals surface area contributed by atoms with Gasteiger partial charge in [0, 0.05) is 49.3 Å². The first-order valence-corrected chi connectivity index (χ1v) is 14.7. The summed E-state index contributed by atoms with van der Waals surface area (Å²) >= 11 is 0.741. The molecule has 2 aliphatic heterocycles. The lowest BCUT2D eigenvalue weighted by atomic mass is 9.95. The molecular weight excluding hydrogens is 621 g/mol. The number of methoxy groups -OCH3 is 1. The van der Waals surface area contributed by atoms with E-state index in [0.717, 1.165) is 35.6 Å². The van der Waals surface area contributed by atoms with E-state index in [-0.39, 0.29) is 75.9 Å². The molecule has 4 aromatic rings. The topological polar surface area (TPSA) is 119 Å². The molecule has 0 unspecified atom stereocenters. The van der Waals surface area contributed by atoms with Crippen LogP contribution in [0.15, 0.2) is 30.9 Å². The molecule has 3 N–H and O–H groups in total. The molecule has 0 aliphatic carbocycles. The number of likely N-dealkylation sites (tertiary alicyclic amines) is 2. The second-order valence-corrected chi connectivity index (χ2v) is 12.0. The van der Waals surface area contributed by atoms with Crippen LogP contribution in [-0.4, -0.2) is 89.2 Å². The van der Waals surface area contributed by atoms with Gasteiger partial charge in [-0.2, -0.15) is 23.1 Å². The van der Waals surface area contributed by atoms with Crippen LogP contribution in [0.1, 0.15) is 12.0 Å². The van der Waals surface area contributed by atoms with E-state index in [2.05, 4.69) is 26.8 Å². The molecule has 4 heterocycles. The number of likely N-dealkylation sites (N-methyl/N-ethyl adjacent to an activating group) is 1. The standard InChI is InChI=1S/C29H28F5N7O3S/c1-4-20(42)41-9-13(10-41)36-26-17-8-18(29(32,33)34)21(16-5-6-19(30)25-24(16)37-27(35)45-25)22(31)23(17)38-28(39-26)44-12-14-7-15(43-3)11-40(14)2/h4-6,8,13-15H,1,7,9-12H2,2-3H3,(H2,35,37)(H,36,38,39)/t14-,15+/m0/s1. The number of nitrogens with zero attached hydrogens (tertiary/aromatic N) is 5. The Kier molecular flexibility index (Phi) is 7.99. The Morgan fingerprint density at radius 3 is 2.62 bits per heavy atom. The predicted molar refractivity (Wildman–Crippen MR) is 159 cm³/mol. The average molecular weight is 650 g/mol. The van der Waals surface area contributed by atoms with Gasteiger partial charge in [-0.15, -0.1) is 0 Å². The molecule has 0 saturated carbocycles. The van der Waals surface area contributed by atoms with E-state index in [1.54, 1.807) is 7.11 Å². The molecule has 16 heteroatoms. The number of alkyl halides is 3. The van der Waals surface area contributed by atoms with Gasteiger partial charge in [0.25, 0.3) is 0 Å². The molecule has 2 atom stereocenters. The van der Waals surface area contributed by atoms with Gasteiger partial charge in [0.2, 0.25) is 5.91 Å². The summed E-state index contributed by atoms with van der Waals surface area (Å²) in [6.07, 6.45) is -3.23. The van der Waals surface area contributed by atoms with Crippen molar-refractivity contribution < 1.29 is 36.2 Å². The molecule has 0 bridgehead atoms. The van der Waals surface area contributed by atoms with Crippen molar-refractivity contribution in [2.45, 2.75) is 30.8 Å². The maximum atomic E-state index is 16.6. The van der Waals surface area contributed by atoms with Crippen LogP contribution in [0.4, 0.5) is 32.9 Å². The first-order chi connectivity index (χ1) is 21.4. The number of benzene rings is 2. The molecule has 2 saturated heterocycles. The van der Waals surface area contributed by atoms with Gasteiger partial charge in [-0.3, -0.25) is 9.69 Å². The summed E-state index contributed by atoms with van der Waals surface area (Å²) in [5.74, 6) is -2.47. The number of amides is 1. The van der Waals surface area contributed by atoms with Crippen LogP contribution >= 0.6 is 11.3 Å². The molecular formula is C29H28F5N7O3S. The monoisotopic (exact) mass is 649 g/mol. The summed E-state index contributed by atoms with van der Waals surface area (Å²) in [5, 5.41) is 2.69. The number of ether oxygens (including phenoxy) is 2. The van der Waals surface area contributed by atoms with Crippen molar-refractivity contribution in [2.24, 2.45) is 0 Å². The molecule has 10 nitrogen and oxygen atoms in total. The third kappa shape index (κ3) is 5.73. The van der Waals surface area contributed by atoms with Crippen molar-refractivity contribution in [1.82, 2.24) is 24.8 Å². The van der Waals surface area contributed by atoms with Crippen LogP contribution in [0, 0.1) is 11.6 Å². The quantitative estimate of drug-likeness (QED) is 0.207. The van der Waals surface area contributed by atoms with E-state index < -0.39 is 40.5 Å². The second-order valence-electron chi connectivity index (χ2n) is 11.0. The molecule has 0 spiro atoms. The summed E-state index contributed by atoms with van der Waals surface area (Å²) in [6, 6.07) is 2.00. The zero-order valence-electron chi connectivity index (χ0n) is 24.1. The number of carbonyl (C=O) groups excluding carboxylic acids is 1. The number of hydrogen-bond acceptors (Lipinski definition) is 10. The molecule has 0 radical (unpaired) electrons. The number of nitrogens with two attached hydrogens (primary N) is 1. The van der Waals surface area contributed by atoms with Gasteiger partial charge < -0.3 is 25.4 Å². The van der Waals surface area contributed by atoms with Crippen LogP contribution in [0.3, 0.4) is 0 Å². The Hall–Kier alpha value is -4.15. The number of anilines is 2. The molecule has 2 fully saturated rings. The van der Waals surface area contributed by atoms with E-state index in [1.165, 1.54) is 4.90 Å². The SMILES string of the molecule is C=CC(=O)N1CC(Nc2nc(OC[C@@H]3C[C@@H](OC)CN3C)nc3c(F)c(-c4ccc(F)c5sc(N)nc45)c(C(F)(F)F)cc23)C1. The largest absolute Gasteiger partial charge is 0.462 e. The van der Waals surface area contributed by atoms with Gasteiger partial charge in [-0.1, -0.05) is 17.9 Å². The number of fused-ring (bicyclic) bond motifs is 2. The minimum absolute atomic E-state index is 0.00808. The third-order valence-electron chi connectivity index (χ3n) is 8.09. The Morgan fingerprint density at radius 1 is 1.20 bits per heavy atom. The number of thiazole rings is 1. The van der Waals surface area contributed by atoms with Gasteiger partial charge in [0.15, 0.2) is 10.9 Å². The van der Waals surface area contributed by atoms with Crippen molar-refractivity contribution in [1.29, 1.82) is 0 Å². The zero-order chi connectivity index (χ0) is 32.2. The summed E-state index contributed by atoms with van der Waals surface area (Å²) in [5.41, 5.74) is 2.62. The fourth-order valence-corrected chi connectivity index (χ4v) is 6.46. The van der Waals surface area contributed by atoms with Crippen molar-refractivity contribution in [2.75, 3.05) is 51.4 Å². The maximum absolute atomic E-state index is 16.6. The first-order valence-electron chi connectivity index (χ1n) is 13.9. The van der Waals surface area contributed by atoms with E-state index >= 15 is 4.39 Å². The molecule has 2 aromatic heterocycles. The number of nitrogen functional groups attached to an aromatic ring is 1. The molecule has 6 rings (SSSR count). The Morgan fingerprint density at radius 2 is 1.96 bits per heavy atom. The summed E-state index contributed by atoms with van der Waals surface area (Å²) < 4.78 is 86.2. The number of halogens is 5. The van der Waals surface area contributed by atoms with Crippen LogP contribution in [0.2, 0.25) is 0 Å². The number of hydrogen-bond donors (Lipinski definition) is 2. The van der Waals surface area contributed by atoms with Gasteiger partial charge in [0.05, 0.1) is 27.9 Å². The Bertz CT molecular complexity index is 1810. The van der Waals surface area contributed by atoms with Gasteiger partial charge in [-0.25, -0.2) is 13.8 Å². The van der Waals surface area contributed by atoms with Crippen molar-refractivity contribution >= 4 is 49.3 Å². The lowest BCUT2D eigenvalue weighted by molar-refractivity contribution is -0.137. The van der Waals surface area contributed by atoms with Crippen LogP contribution in [0.5, 0.6) is 6.01 Å². The highest BCUT2D eigenvalue weighted by atomic mass is 32.1. The van der Waals surface area contributed by atoms with E-state index in [0.29, 0.717) is 13.0 Å². The van der Waals surface area contributed by atoms with Crippen molar-refractivity contribution in [3.05, 3.63) is 48.1 Å². The number of carbonyl (C=O) groups is 1. The fourth-order valence-electron chi connectivity index (χ4n) is 5.70. The first kappa shape index (κ1) is 30.9. The summed E-state index contributed by atoms with van der Waals surface area (Å²) in [6.45, 7) is 4.68. The normalized spacial score (nSPS) is 19.3. The van der Waals surface area contributed by atoms with Crippen molar-refractivity contribution in [3.8, 4) is 17.1 Å². The molecule has 1 amide bonds. The highest BCUT2D eigenvalue weighted by Crippen LogP contribution is 2.45. The van der Waals surface area contributed by atoms with Crippen LogP contribution in [0.25, 0.3) is 32.2 Å². The smallest absolute Gasteiger partial charge is 0.417 e. The van der Waals surface area contributed by atoms with Gasteiger partial charge in [0.1, 0.15) is 23.8 Å². The summed E-state index contributed by atoms with van der Waals surface area (Å²) in [7, 11) is 3.51. The molecule has 238 valence electrons. The third-order valence-corrected chi connectivity index (χ3v) is 8.99. The molecule has 2 aliphatic rings. The highest BCUT2D eigenvalue weighted by molar-refractivity contribution is 7.22. The number of nitrogens with one attached hydrogen (secondary N) is 1. The summed E-state index contributed by atoms with van der Waals surface area (Å²) in [4.78, 5) is 28.0. The second kappa shape index (κ2) is 11.7. The van der Waals surface area contributed by atoms with Crippen molar-refractivity contribution in [3.63, 3.8) is 0 Å². The minimum atomic E-state index is -5.03. The fraction of sp³-hybridized carbons (Fsp3) is 0.379. The zero-order valence-corrected chi connectivity index (χ0v) is 24.9. The highest BCUT2D eigenvalue weighted by Gasteiger charge is 2.39. The predicted octanol–water partition coefficient (Wildman–Crippen LogP) is 4.69. The van der Waals surface area contributed by atoms with E-state index in [9.17, 15) is 22.4 Å². The van der Waals surface area contributed by atoms with Gasteiger partial charge >= 0.3 is 12.2 Å². The lowest BCUT2D eigenvalue weighted by Crippen LogP contribution is -2.56. The Labute approximate surface area is 257 Å². The van der Waals surface area contributed by atoms with Crippen LogP contribution < -0.4 is 15.8 Å². The molecule has 45 heavy (non-hydrogen) atoms. The Balaban J connectivity index is 1.48. The lowest BCUT2D eigenvalue weighted by Gasteiger charge is -2.39. The van der Waals surface area contributed by atoms with Gasteiger partial charge in [-0.05, 0) is 37.7 Å². The molecule has 2 aromatic carbocycles. The number of aromatic nitrogens is 3. The van der Waals surface area contributed by atoms with E-state index in [1.807, 2.05) is 11.9 Å².